The van der Waals surface area contributed by atoms with Crippen LogP contribution in [0.15, 0.2) is 48.6 Å². The third-order valence-corrected chi connectivity index (χ3v) is 8.85. The van der Waals surface area contributed by atoms with Crippen LogP contribution in [0.3, 0.4) is 0 Å². The number of hydrogen-bond donors (Lipinski definition) is 1. The molecular weight excluding hydrogens is 510 g/mol. The number of likely N-dealkylation sites (tertiary alicyclic amines) is 1. The van der Waals surface area contributed by atoms with Gasteiger partial charge in [0, 0.05) is 44.2 Å². The van der Waals surface area contributed by atoms with Crippen LogP contribution in [-0.4, -0.2) is 84.4 Å². The van der Waals surface area contributed by atoms with Crippen LogP contribution in [0.5, 0.6) is 0 Å². The summed E-state index contributed by atoms with van der Waals surface area (Å²) >= 11 is 0. The van der Waals surface area contributed by atoms with Crippen molar-refractivity contribution in [1.29, 1.82) is 0 Å². The summed E-state index contributed by atoms with van der Waals surface area (Å²) < 4.78 is 12.4. The second-order valence-electron chi connectivity index (χ2n) is 11.2. The van der Waals surface area contributed by atoms with Crippen molar-refractivity contribution in [3.05, 3.63) is 48.6 Å². The quantitative estimate of drug-likeness (QED) is 0.301. The number of fused-ring (bicyclic) bond motifs is 2. The van der Waals surface area contributed by atoms with E-state index in [1.807, 2.05) is 55.5 Å². The second kappa shape index (κ2) is 11.4. The number of amides is 2. The number of cyclic esters (lactones) is 1. The highest BCUT2D eigenvalue weighted by Gasteiger charge is 2.74. The van der Waals surface area contributed by atoms with Gasteiger partial charge >= 0.3 is 5.97 Å². The van der Waals surface area contributed by atoms with Crippen LogP contribution in [0, 0.1) is 11.8 Å². The van der Waals surface area contributed by atoms with Gasteiger partial charge in [-0.1, -0.05) is 24.3 Å². The van der Waals surface area contributed by atoms with Gasteiger partial charge in [-0.2, -0.15) is 0 Å². The van der Waals surface area contributed by atoms with Gasteiger partial charge < -0.3 is 29.3 Å². The minimum absolute atomic E-state index is 0.00551. The Kier molecular flexibility index (Phi) is 8.06. The molecule has 1 aromatic carbocycles. The summed E-state index contributed by atoms with van der Waals surface area (Å²) in [6.07, 6.45) is 10.1. The Balaban J connectivity index is 1.56. The van der Waals surface area contributed by atoms with Crippen molar-refractivity contribution in [2.24, 2.45) is 11.8 Å². The molecule has 9 heteroatoms. The van der Waals surface area contributed by atoms with E-state index in [1.54, 1.807) is 9.80 Å². The Morgan fingerprint density at radius 1 is 1.00 bits per heavy atom. The molecule has 1 aromatic rings. The van der Waals surface area contributed by atoms with Crippen molar-refractivity contribution < 1.29 is 29.0 Å². The number of benzene rings is 1. The SMILES string of the molecule is CCN(CC)c1ccc(N2CC=C[C@]34O[C@]5(C)/C=C\CCCOC(=O)[C@@H]5[C@H]3C(=O)N(CCCCO)C4C2=O)cc1. The smallest absolute Gasteiger partial charge is 0.313 e. The van der Waals surface area contributed by atoms with Gasteiger partial charge in [-0.3, -0.25) is 14.4 Å². The molecule has 1 N–H and O–H groups in total. The lowest BCUT2D eigenvalue weighted by Crippen LogP contribution is -2.56. The standard InChI is InChI=1S/C31H41N3O6/c1-4-32(5-2)22-12-14-23(15-13-22)33-19-11-17-31-24(27(36)34(18-8-9-20-35)26(31)28(33)37)25-29(38)39-21-10-6-7-16-30(25,3)40-31/h7,11-17,24-26,35H,4-6,8-10,18-21H2,1-3H3/b16-7-/t24-,25-,26?,30+,31-/m0/s1. The molecule has 0 aromatic heterocycles. The number of ether oxygens (including phenoxy) is 2. The number of aliphatic hydroxyl groups is 1. The Bertz CT molecular complexity index is 1180. The summed E-state index contributed by atoms with van der Waals surface area (Å²) in [6.45, 7) is 8.67. The summed E-state index contributed by atoms with van der Waals surface area (Å²) in [5.41, 5.74) is -0.595. The van der Waals surface area contributed by atoms with Gasteiger partial charge in [0.05, 0.1) is 18.1 Å². The molecule has 4 aliphatic rings. The van der Waals surface area contributed by atoms with Crippen molar-refractivity contribution in [2.75, 3.05) is 49.2 Å². The first-order valence-electron chi connectivity index (χ1n) is 14.6. The van der Waals surface area contributed by atoms with Gasteiger partial charge in [-0.15, -0.1) is 0 Å². The first kappa shape index (κ1) is 28.4. The highest BCUT2D eigenvalue weighted by molar-refractivity contribution is 6.05. The van der Waals surface area contributed by atoms with Crippen LogP contribution in [0.25, 0.3) is 0 Å². The number of allylic oxidation sites excluding steroid dienone is 1. The van der Waals surface area contributed by atoms with Gasteiger partial charge in [-0.25, -0.2) is 0 Å². The van der Waals surface area contributed by atoms with Crippen LogP contribution in [-0.2, 0) is 23.9 Å². The molecule has 9 nitrogen and oxygen atoms in total. The van der Waals surface area contributed by atoms with Crippen LogP contribution < -0.4 is 9.80 Å². The zero-order chi connectivity index (χ0) is 28.5. The van der Waals surface area contributed by atoms with Gasteiger partial charge in [-0.05, 0) is 70.7 Å². The number of aliphatic hydroxyl groups excluding tert-OH is 1. The summed E-state index contributed by atoms with van der Waals surface area (Å²) in [5.74, 6) is -2.76. The number of nitrogens with zero attached hydrogens (tertiary/aromatic N) is 3. The Hall–Kier alpha value is -3.17. The van der Waals surface area contributed by atoms with E-state index in [4.69, 9.17) is 9.47 Å². The average Bonchev–Trinajstić information content (AvgIpc) is 3.29. The minimum Gasteiger partial charge on any atom is -0.465 e. The lowest BCUT2D eigenvalue weighted by atomic mass is 9.74. The third-order valence-electron chi connectivity index (χ3n) is 8.85. The number of hydrogen-bond acceptors (Lipinski definition) is 7. The predicted octanol–water partition coefficient (Wildman–Crippen LogP) is 3.07. The summed E-state index contributed by atoms with van der Waals surface area (Å²) in [4.78, 5) is 47.7. The van der Waals surface area contributed by atoms with Crippen molar-refractivity contribution in [1.82, 2.24) is 4.90 Å². The average molecular weight is 552 g/mol. The summed E-state index contributed by atoms with van der Waals surface area (Å²) in [7, 11) is 0. The number of carbonyl (C=O) groups is 3. The maximum atomic E-state index is 14.5. The normalized spacial score (nSPS) is 32.4. The first-order chi connectivity index (χ1) is 19.3. The number of anilines is 2. The largest absolute Gasteiger partial charge is 0.465 e. The fraction of sp³-hybridized carbons (Fsp3) is 0.581. The molecule has 4 heterocycles. The first-order valence-corrected chi connectivity index (χ1v) is 14.6. The highest BCUT2D eigenvalue weighted by atomic mass is 16.6. The molecule has 4 aliphatic heterocycles. The van der Waals surface area contributed by atoms with Crippen LogP contribution >= 0.6 is 0 Å². The van der Waals surface area contributed by atoms with Crippen molar-refractivity contribution in [3.8, 4) is 0 Å². The molecule has 0 radical (unpaired) electrons. The molecule has 0 saturated carbocycles. The second-order valence-corrected chi connectivity index (χ2v) is 11.2. The zero-order valence-electron chi connectivity index (χ0n) is 23.8. The summed E-state index contributed by atoms with van der Waals surface area (Å²) in [6, 6.07) is 6.96. The Morgan fingerprint density at radius 2 is 1.75 bits per heavy atom. The number of rotatable bonds is 8. The van der Waals surface area contributed by atoms with E-state index in [-0.39, 0.29) is 31.6 Å². The molecule has 2 amide bonds. The number of unbranched alkanes of at least 4 members (excludes halogenated alkanes) is 1. The molecule has 40 heavy (non-hydrogen) atoms. The van der Waals surface area contributed by atoms with Crippen LogP contribution in [0.2, 0.25) is 0 Å². The fourth-order valence-electron chi connectivity index (χ4n) is 6.93. The molecule has 2 saturated heterocycles. The van der Waals surface area contributed by atoms with Gasteiger partial charge in [0.1, 0.15) is 17.6 Å². The van der Waals surface area contributed by atoms with E-state index >= 15 is 0 Å². The van der Waals surface area contributed by atoms with Crippen molar-refractivity contribution in [2.45, 2.75) is 63.7 Å². The number of carbonyl (C=O) groups excluding carboxylic acids is 3. The zero-order valence-corrected chi connectivity index (χ0v) is 23.8. The van der Waals surface area contributed by atoms with E-state index in [0.29, 0.717) is 25.8 Å². The topological polar surface area (TPSA) is 99.6 Å². The van der Waals surface area contributed by atoms with E-state index in [9.17, 15) is 19.5 Å². The predicted molar refractivity (Wildman–Crippen MR) is 152 cm³/mol. The molecule has 0 aliphatic carbocycles. The molecule has 216 valence electrons. The lowest BCUT2D eigenvalue weighted by molar-refractivity contribution is -0.158. The highest BCUT2D eigenvalue weighted by Crippen LogP contribution is 2.57. The Labute approximate surface area is 236 Å². The molecule has 5 rings (SSSR count). The molecule has 1 spiro atoms. The molecule has 1 unspecified atom stereocenters. The molecule has 5 atom stereocenters. The molecule has 2 fully saturated rings. The van der Waals surface area contributed by atoms with Crippen molar-refractivity contribution in [3.63, 3.8) is 0 Å². The van der Waals surface area contributed by atoms with Gasteiger partial charge in [0.25, 0.3) is 5.91 Å². The number of esters is 1. The lowest BCUT2D eigenvalue weighted by Gasteiger charge is -2.37. The Morgan fingerprint density at radius 3 is 2.45 bits per heavy atom. The van der Waals surface area contributed by atoms with Crippen molar-refractivity contribution >= 4 is 29.2 Å². The maximum Gasteiger partial charge on any atom is 0.313 e. The monoisotopic (exact) mass is 551 g/mol. The van der Waals surface area contributed by atoms with Crippen LogP contribution in [0.4, 0.5) is 11.4 Å². The van der Waals surface area contributed by atoms with E-state index in [1.165, 1.54) is 0 Å². The van der Waals surface area contributed by atoms with E-state index < -0.39 is 35.0 Å². The van der Waals surface area contributed by atoms with E-state index in [0.717, 1.165) is 30.9 Å². The molecular formula is C31H41N3O6. The molecule has 0 bridgehead atoms. The van der Waals surface area contributed by atoms with E-state index in [2.05, 4.69) is 18.7 Å². The van der Waals surface area contributed by atoms with Gasteiger partial charge in [0.15, 0.2) is 0 Å². The van der Waals surface area contributed by atoms with Gasteiger partial charge in [0.2, 0.25) is 5.91 Å². The summed E-state index contributed by atoms with van der Waals surface area (Å²) in [5, 5.41) is 9.40. The maximum absolute atomic E-state index is 14.5. The van der Waals surface area contributed by atoms with Crippen LogP contribution in [0.1, 0.15) is 46.5 Å². The fourth-order valence-corrected chi connectivity index (χ4v) is 6.93. The minimum atomic E-state index is -1.31. The third kappa shape index (κ3) is 4.63.